The Labute approximate surface area is 109 Å². The van der Waals surface area contributed by atoms with Gasteiger partial charge in [0.1, 0.15) is 5.75 Å². The third-order valence-corrected chi connectivity index (χ3v) is 2.51. The van der Waals surface area contributed by atoms with Crippen LogP contribution in [0.15, 0.2) is 24.3 Å². The first-order chi connectivity index (χ1) is 8.19. The lowest BCUT2D eigenvalue weighted by molar-refractivity contribution is 0.457. The molecule has 1 heterocycles. The molecule has 0 aliphatic heterocycles. The summed E-state index contributed by atoms with van der Waals surface area (Å²) in [4.78, 5) is 3.86. The van der Waals surface area contributed by atoms with Gasteiger partial charge in [-0.1, -0.05) is 30.7 Å². The zero-order valence-corrected chi connectivity index (χ0v) is 10.5. The molecule has 17 heavy (non-hydrogen) atoms. The smallest absolute Gasteiger partial charge is 0.262 e. The van der Waals surface area contributed by atoms with E-state index < -0.39 is 0 Å². The van der Waals surface area contributed by atoms with Crippen LogP contribution in [0.3, 0.4) is 0 Å². The normalized spacial score (nSPS) is 10.3. The molecule has 0 N–H and O–H groups in total. The Morgan fingerprint density at radius 3 is 2.82 bits per heavy atom. The number of aromatic nitrogens is 3. The van der Waals surface area contributed by atoms with Gasteiger partial charge in [0.25, 0.3) is 5.88 Å². The summed E-state index contributed by atoms with van der Waals surface area (Å²) in [5, 5.41) is 7.20. The highest BCUT2D eigenvalue weighted by Gasteiger charge is 2.08. The Balaban J connectivity index is 2.27. The molecule has 1 aromatic heterocycles. The van der Waals surface area contributed by atoms with Gasteiger partial charge in [0.15, 0.2) is 0 Å². The summed E-state index contributed by atoms with van der Waals surface area (Å²) in [6, 6.07) is 7.63. The zero-order valence-electron chi connectivity index (χ0n) is 9.02. The predicted octanol–water partition coefficient (Wildman–Crippen LogP) is 3.53. The number of benzene rings is 1. The highest BCUT2D eigenvalue weighted by Crippen LogP contribution is 2.26. The third kappa shape index (κ3) is 3.05. The topological polar surface area (TPSA) is 47.9 Å². The number of hydrogen-bond donors (Lipinski definition) is 0. The number of aryl methyl sites for hydroxylation is 1. The summed E-state index contributed by atoms with van der Waals surface area (Å²) in [6.07, 6.45) is 0.924. The lowest BCUT2D eigenvalue weighted by atomic mass is 10.2. The second-order valence-electron chi connectivity index (χ2n) is 3.28. The number of rotatable bonds is 3. The van der Waals surface area contributed by atoms with E-state index in [4.69, 9.17) is 27.9 Å². The second kappa shape index (κ2) is 5.29. The van der Waals surface area contributed by atoms with Crippen LogP contribution in [0.25, 0.3) is 0 Å². The van der Waals surface area contributed by atoms with Crippen molar-refractivity contribution >= 4 is 23.2 Å². The highest BCUT2D eigenvalue weighted by atomic mass is 35.5. The molecule has 4 nitrogen and oxygen atoms in total. The van der Waals surface area contributed by atoms with Crippen molar-refractivity contribution in [1.82, 2.24) is 15.2 Å². The summed E-state index contributed by atoms with van der Waals surface area (Å²) >= 11 is 11.4. The monoisotopic (exact) mass is 269 g/mol. The van der Waals surface area contributed by atoms with E-state index >= 15 is 0 Å². The van der Waals surface area contributed by atoms with Crippen LogP contribution in [0, 0.1) is 0 Å². The highest BCUT2D eigenvalue weighted by molar-refractivity contribution is 6.31. The Morgan fingerprint density at radius 2 is 2.06 bits per heavy atom. The van der Waals surface area contributed by atoms with Gasteiger partial charge in [-0.25, -0.2) is 0 Å². The number of ether oxygens (including phenoxy) is 1. The molecule has 0 bridgehead atoms. The van der Waals surface area contributed by atoms with Crippen LogP contribution in [0.5, 0.6) is 11.6 Å². The molecular formula is C11H9Cl2N3O. The molecule has 6 heteroatoms. The quantitative estimate of drug-likeness (QED) is 0.855. The van der Waals surface area contributed by atoms with Crippen LogP contribution >= 0.6 is 23.2 Å². The molecule has 2 aromatic rings. The van der Waals surface area contributed by atoms with Crippen LogP contribution in [-0.4, -0.2) is 15.2 Å². The number of nitrogens with zero attached hydrogens (tertiary/aromatic N) is 3. The molecule has 0 unspecified atom stereocenters. The van der Waals surface area contributed by atoms with E-state index in [1.54, 1.807) is 0 Å². The van der Waals surface area contributed by atoms with Crippen molar-refractivity contribution in [3.05, 3.63) is 40.3 Å². The van der Waals surface area contributed by atoms with Crippen molar-refractivity contribution in [1.29, 1.82) is 0 Å². The van der Waals surface area contributed by atoms with Crippen LogP contribution in [0.2, 0.25) is 10.4 Å². The summed E-state index contributed by atoms with van der Waals surface area (Å²) < 4.78 is 5.50. The van der Waals surface area contributed by atoms with Gasteiger partial charge in [-0.3, -0.25) is 0 Å². The van der Waals surface area contributed by atoms with E-state index in [1.165, 1.54) is 0 Å². The van der Waals surface area contributed by atoms with E-state index in [-0.39, 0.29) is 16.3 Å². The predicted molar refractivity (Wildman–Crippen MR) is 65.7 cm³/mol. The van der Waals surface area contributed by atoms with E-state index in [9.17, 15) is 0 Å². The Hall–Kier alpha value is -1.39. The van der Waals surface area contributed by atoms with Gasteiger partial charge in [-0.15, -0.1) is 10.2 Å². The molecule has 1 aromatic carbocycles. The lowest BCUT2D eigenvalue weighted by Gasteiger charge is -2.06. The molecule has 0 aliphatic rings. The summed E-state index contributed by atoms with van der Waals surface area (Å²) in [6.45, 7) is 2.06. The minimum atomic E-state index is -0.00366. The summed E-state index contributed by atoms with van der Waals surface area (Å²) in [7, 11) is 0. The van der Waals surface area contributed by atoms with Gasteiger partial charge in [0, 0.05) is 0 Å². The molecule has 2 rings (SSSR count). The van der Waals surface area contributed by atoms with Crippen molar-refractivity contribution < 1.29 is 4.74 Å². The average Bonchev–Trinajstić information content (AvgIpc) is 2.34. The van der Waals surface area contributed by atoms with Crippen molar-refractivity contribution in [2.45, 2.75) is 13.3 Å². The first kappa shape index (κ1) is 12.1. The minimum Gasteiger partial charge on any atom is -0.436 e. The summed E-state index contributed by atoms with van der Waals surface area (Å²) in [5.41, 5.74) is 1.16. The fourth-order valence-corrected chi connectivity index (χ4v) is 1.52. The maximum atomic E-state index is 5.80. The standard InChI is InChI=1S/C11H9Cl2N3O/c1-2-7-4-3-5-8(6-7)17-10-9(12)15-16-11(13)14-10/h3-6H,2H2,1H3. The molecule has 0 fully saturated rings. The number of hydrogen-bond acceptors (Lipinski definition) is 4. The van der Waals surface area contributed by atoms with E-state index in [0.717, 1.165) is 12.0 Å². The fraction of sp³-hybridized carbons (Fsp3) is 0.182. The van der Waals surface area contributed by atoms with Crippen molar-refractivity contribution in [3.63, 3.8) is 0 Å². The Bertz CT molecular complexity index is 534. The third-order valence-electron chi connectivity index (χ3n) is 2.11. The molecule has 0 saturated heterocycles. The number of halogens is 2. The Kier molecular flexibility index (Phi) is 3.76. The van der Waals surface area contributed by atoms with E-state index in [2.05, 4.69) is 22.1 Å². The summed E-state index contributed by atoms with van der Waals surface area (Å²) in [5.74, 6) is 0.794. The first-order valence-electron chi connectivity index (χ1n) is 5.01. The minimum absolute atomic E-state index is 0.00366. The Morgan fingerprint density at radius 1 is 1.24 bits per heavy atom. The van der Waals surface area contributed by atoms with Crippen LogP contribution in [0.4, 0.5) is 0 Å². The first-order valence-corrected chi connectivity index (χ1v) is 5.77. The molecule has 0 amide bonds. The van der Waals surface area contributed by atoms with E-state index in [0.29, 0.717) is 5.75 Å². The van der Waals surface area contributed by atoms with Gasteiger partial charge in [-0.05, 0) is 35.7 Å². The van der Waals surface area contributed by atoms with Gasteiger partial charge in [-0.2, -0.15) is 4.98 Å². The lowest BCUT2D eigenvalue weighted by Crippen LogP contribution is -1.95. The van der Waals surface area contributed by atoms with Crippen molar-refractivity contribution in [2.24, 2.45) is 0 Å². The molecule has 0 spiro atoms. The van der Waals surface area contributed by atoms with Crippen molar-refractivity contribution in [2.75, 3.05) is 0 Å². The van der Waals surface area contributed by atoms with Crippen LogP contribution < -0.4 is 4.74 Å². The zero-order chi connectivity index (χ0) is 12.3. The SMILES string of the molecule is CCc1cccc(Oc2nc(Cl)nnc2Cl)c1. The van der Waals surface area contributed by atoms with Crippen molar-refractivity contribution in [3.8, 4) is 11.6 Å². The molecule has 0 atom stereocenters. The van der Waals surface area contributed by atoms with Gasteiger partial charge >= 0.3 is 0 Å². The largest absolute Gasteiger partial charge is 0.436 e. The molecule has 0 saturated carbocycles. The maximum absolute atomic E-state index is 5.80. The van der Waals surface area contributed by atoms with Gasteiger partial charge < -0.3 is 4.74 Å². The van der Waals surface area contributed by atoms with Gasteiger partial charge in [0.05, 0.1) is 0 Å². The second-order valence-corrected chi connectivity index (χ2v) is 3.98. The maximum Gasteiger partial charge on any atom is 0.262 e. The molecule has 0 radical (unpaired) electrons. The van der Waals surface area contributed by atoms with Gasteiger partial charge in [0.2, 0.25) is 10.4 Å². The van der Waals surface area contributed by atoms with E-state index in [1.807, 2.05) is 24.3 Å². The van der Waals surface area contributed by atoms with Crippen LogP contribution in [0.1, 0.15) is 12.5 Å². The fourth-order valence-electron chi connectivity index (χ4n) is 1.29. The van der Waals surface area contributed by atoms with Crippen LogP contribution in [-0.2, 0) is 6.42 Å². The molecule has 0 aliphatic carbocycles. The molecular weight excluding hydrogens is 261 g/mol. The molecule has 88 valence electrons. The average molecular weight is 270 g/mol.